The molecule has 1 atom stereocenters. The molecule has 0 aliphatic carbocycles. The first-order valence-corrected chi connectivity index (χ1v) is 8.77. The van der Waals surface area contributed by atoms with Crippen molar-refractivity contribution in [3.8, 4) is 17.2 Å². The van der Waals surface area contributed by atoms with Crippen LogP contribution >= 0.6 is 0 Å². The van der Waals surface area contributed by atoms with Crippen LogP contribution in [0.25, 0.3) is 11.5 Å². The summed E-state index contributed by atoms with van der Waals surface area (Å²) < 4.78 is 11.8. The standard InChI is InChI=1S/C21H20N2O3/c1-3-16-13-23(17-11-7-8-12-18(17)25-16)21(24)19-14(2)22-20(26-19)15-9-5-4-6-10-15/h4-12,16H,3,13H2,1-2H3/t16-/m0/s1. The first-order valence-electron chi connectivity index (χ1n) is 8.77. The number of para-hydroxylation sites is 2. The van der Waals surface area contributed by atoms with Gasteiger partial charge in [-0.05, 0) is 37.6 Å². The fourth-order valence-electron chi connectivity index (χ4n) is 3.12. The molecule has 1 aliphatic heterocycles. The summed E-state index contributed by atoms with van der Waals surface area (Å²) in [5.41, 5.74) is 2.20. The van der Waals surface area contributed by atoms with Gasteiger partial charge in [-0.3, -0.25) is 9.69 Å². The Kier molecular flexibility index (Phi) is 4.21. The van der Waals surface area contributed by atoms with E-state index in [9.17, 15) is 4.79 Å². The number of benzene rings is 2. The highest BCUT2D eigenvalue weighted by molar-refractivity contribution is 6.06. The molecule has 0 N–H and O–H groups in total. The van der Waals surface area contributed by atoms with Crippen LogP contribution in [0.3, 0.4) is 0 Å². The van der Waals surface area contributed by atoms with E-state index < -0.39 is 0 Å². The highest BCUT2D eigenvalue weighted by Crippen LogP contribution is 2.35. The number of aryl methyl sites for hydroxylation is 1. The van der Waals surface area contributed by atoms with E-state index in [0.29, 0.717) is 18.1 Å². The van der Waals surface area contributed by atoms with Crippen LogP contribution in [0, 0.1) is 6.92 Å². The zero-order valence-corrected chi connectivity index (χ0v) is 14.8. The number of hydrogen-bond donors (Lipinski definition) is 0. The first-order chi connectivity index (χ1) is 12.7. The number of carbonyl (C=O) groups is 1. The maximum absolute atomic E-state index is 13.2. The predicted octanol–water partition coefficient (Wildman–Crippen LogP) is 4.47. The zero-order chi connectivity index (χ0) is 18.1. The average molecular weight is 348 g/mol. The topological polar surface area (TPSA) is 55.6 Å². The molecule has 0 fully saturated rings. The van der Waals surface area contributed by atoms with Gasteiger partial charge in [0, 0.05) is 5.56 Å². The second-order valence-electron chi connectivity index (χ2n) is 6.33. The summed E-state index contributed by atoms with van der Waals surface area (Å²) in [6, 6.07) is 17.2. The fraction of sp³-hybridized carbons (Fsp3) is 0.238. The minimum absolute atomic E-state index is 0.0364. The van der Waals surface area contributed by atoms with Crippen LogP contribution in [0.2, 0.25) is 0 Å². The van der Waals surface area contributed by atoms with Crippen molar-refractivity contribution < 1.29 is 13.9 Å². The third-order valence-corrected chi connectivity index (χ3v) is 4.55. The Labute approximate surface area is 152 Å². The molecule has 3 aromatic rings. The highest BCUT2D eigenvalue weighted by atomic mass is 16.5. The normalized spacial score (nSPS) is 16.1. The molecule has 5 heteroatoms. The molecule has 0 radical (unpaired) electrons. The Morgan fingerprint density at radius 3 is 2.65 bits per heavy atom. The van der Waals surface area contributed by atoms with E-state index >= 15 is 0 Å². The van der Waals surface area contributed by atoms with Gasteiger partial charge in [0.2, 0.25) is 11.7 Å². The number of fused-ring (bicyclic) bond motifs is 1. The number of anilines is 1. The van der Waals surface area contributed by atoms with E-state index in [0.717, 1.165) is 23.4 Å². The van der Waals surface area contributed by atoms with Gasteiger partial charge >= 0.3 is 0 Å². The quantitative estimate of drug-likeness (QED) is 0.701. The maximum Gasteiger partial charge on any atom is 0.296 e. The third kappa shape index (κ3) is 2.86. The van der Waals surface area contributed by atoms with Crippen LogP contribution in [-0.2, 0) is 0 Å². The van der Waals surface area contributed by atoms with E-state index in [-0.39, 0.29) is 17.8 Å². The number of nitrogens with zero attached hydrogens (tertiary/aromatic N) is 2. The summed E-state index contributed by atoms with van der Waals surface area (Å²) in [6.45, 7) is 4.34. The molecule has 1 aromatic heterocycles. The number of carbonyl (C=O) groups excluding carboxylic acids is 1. The largest absolute Gasteiger partial charge is 0.486 e. The van der Waals surface area contributed by atoms with Gasteiger partial charge < -0.3 is 9.15 Å². The number of ether oxygens (including phenoxy) is 1. The molecule has 26 heavy (non-hydrogen) atoms. The van der Waals surface area contributed by atoms with Crippen LogP contribution in [0.4, 0.5) is 5.69 Å². The molecule has 0 unspecified atom stereocenters. The predicted molar refractivity (Wildman–Crippen MR) is 99.5 cm³/mol. The van der Waals surface area contributed by atoms with Crippen LogP contribution < -0.4 is 9.64 Å². The summed E-state index contributed by atoms with van der Waals surface area (Å²) in [5.74, 6) is 1.27. The van der Waals surface area contributed by atoms with Gasteiger partial charge in [0.1, 0.15) is 11.9 Å². The van der Waals surface area contributed by atoms with Gasteiger partial charge in [0.25, 0.3) is 5.91 Å². The van der Waals surface area contributed by atoms with Crippen molar-refractivity contribution in [3.05, 3.63) is 66.1 Å². The van der Waals surface area contributed by atoms with Crippen molar-refractivity contribution >= 4 is 11.6 Å². The van der Waals surface area contributed by atoms with Gasteiger partial charge in [-0.25, -0.2) is 4.98 Å². The molecule has 4 rings (SSSR count). The van der Waals surface area contributed by atoms with Crippen molar-refractivity contribution in [2.24, 2.45) is 0 Å². The molecule has 1 aliphatic rings. The van der Waals surface area contributed by atoms with Crippen molar-refractivity contribution in [3.63, 3.8) is 0 Å². The average Bonchev–Trinajstić information content (AvgIpc) is 3.09. The minimum Gasteiger partial charge on any atom is -0.486 e. The molecule has 2 heterocycles. The Bertz CT molecular complexity index is 933. The SMILES string of the molecule is CC[C@H]1CN(C(=O)c2oc(-c3ccccc3)nc2C)c2ccccc2O1. The molecule has 132 valence electrons. The Balaban J connectivity index is 1.71. The summed E-state index contributed by atoms with van der Waals surface area (Å²) in [5, 5.41) is 0. The minimum atomic E-state index is -0.189. The Morgan fingerprint density at radius 2 is 1.88 bits per heavy atom. The van der Waals surface area contributed by atoms with E-state index in [1.165, 1.54) is 0 Å². The second-order valence-corrected chi connectivity index (χ2v) is 6.33. The van der Waals surface area contributed by atoms with Gasteiger partial charge in [0.05, 0.1) is 17.9 Å². The van der Waals surface area contributed by atoms with Crippen molar-refractivity contribution in [1.29, 1.82) is 0 Å². The zero-order valence-electron chi connectivity index (χ0n) is 14.8. The third-order valence-electron chi connectivity index (χ3n) is 4.55. The van der Waals surface area contributed by atoms with Gasteiger partial charge in [-0.2, -0.15) is 0 Å². The van der Waals surface area contributed by atoms with Gasteiger partial charge in [-0.15, -0.1) is 0 Å². The van der Waals surface area contributed by atoms with E-state index in [1.807, 2.05) is 54.6 Å². The molecular formula is C21H20N2O3. The highest BCUT2D eigenvalue weighted by Gasteiger charge is 2.32. The van der Waals surface area contributed by atoms with E-state index in [1.54, 1.807) is 11.8 Å². The van der Waals surface area contributed by atoms with E-state index in [2.05, 4.69) is 11.9 Å². The summed E-state index contributed by atoms with van der Waals surface area (Å²) in [6.07, 6.45) is 0.786. The van der Waals surface area contributed by atoms with Crippen molar-refractivity contribution in [1.82, 2.24) is 4.98 Å². The monoisotopic (exact) mass is 348 g/mol. The van der Waals surface area contributed by atoms with Crippen molar-refractivity contribution in [2.75, 3.05) is 11.4 Å². The van der Waals surface area contributed by atoms with Crippen LogP contribution in [-0.4, -0.2) is 23.5 Å². The van der Waals surface area contributed by atoms with Crippen LogP contribution in [0.15, 0.2) is 59.0 Å². The number of hydrogen-bond acceptors (Lipinski definition) is 4. The van der Waals surface area contributed by atoms with Crippen molar-refractivity contribution in [2.45, 2.75) is 26.4 Å². The molecule has 5 nitrogen and oxygen atoms in total. The lowest BCUT2D eigenvalue weighted by molar-refractivity contribution is 0.0928. The second kappa shape index (κ2) is 6.67. The molecule has 2 aromatic carbocycles. The molecular weight excluding hydrogens is 328 g/mol. The maximum atomic E-state index is 13.2. The van der Waals surface area contributed by atoms with Crippen LogP contribution in [0.5, 0.6) is 5.75 Å². The smallest absolute Gasteiger partial charge is 0.296 e. The number of oxazole rings is 1. The number of rotatable bonds is 3. The summed E-state index contributed by atoms with van der Waals surface area (Å²) in [7, 11) is 0. The molecule has 0 saturated heterocycles. The van der Waals surface area contributed by atoms with E-state index in [4.69, 9.17) is 9.15 Å². The lowest BCUT2D eigenvalue weighted by Crippen LogP contribution is -2.43. The number of amides is 1. The molecule has 1 amide bonds. The Morgan fingerprint density at radius 1 is 1.15 bits per heavy atom. The molecule has 0 spiro atoms. The lowest BCUT2D eigenvalue weighted by Gasteiger charge is -2.34. The first kappa shape index (κ1) is 16.4. The Hall–Kier alpha value is -3.08. The number of aromatic nitrogens is 1. The summed E-state index contributed by atoms with van der Waals surface area (Å²) in [4.78, 5) is 19.4. The molecule has 0 saturated carbocycles. The van der Waals surface area contributed by atoms with Crippen LogP contribution in [0.1, 0.15) is 29.6 Å². The fourth-order valence-corrected chi connectivity index (χ4v) is 3.12. The summed E-state index contributed by atoms with van der Waals surface area (Å²) >= 11 is 0. The van der Waals surface area contributed by atoms with Gasteiger partial charge in [0.15, 0.2) is 0 Å². The lowest BCUT2D eigenvalue weighted by atomic mass is 10.1. The molecule has 0 bridgehead atoms. The van der Waals surface area contributed by atoms with Gasteiger partial charge in [-0.1, -0.05) is 37.3 Å².